The van der Waals surface area contributed by atoms with Gasteiger partial charge in [-0.25, -0.2) is 0 Å². The number of rotatable bonds is 10. The lowest BCUT2D eigenvalue weighted by Gasteiger charge is -2.29. The van der Waals surface area contributed by atoms with Crippen molar-refractivity contribution in [3.8, 4) is 11.5 Å². The topological polar surface area (TPSA) is 58.9 Å². The largest absolute Gasteiger partial charge is 0.490 e. The zero-order valence-corrected chi connectivity index (χ0v) is 23.4. The molecule has 2 atom stereocenters. The first kappa shape index (κ1) is 26.7. The Bertz CT molecular complexity index is 787. The summed E-state index contributed by atoms with van der Waals surface area (Å²) in [4.78, 5) is 0. The van der Waals surface area contributed by atoms with Gasteiger partial charge in [0.1, 0.15) is 32.6 Å². The van der Waals surface area contributed by atoms with Crippen LogP contribution in [0.1, 0.15) is 51.7 Å². The highest BCUT2D eigenvalue weighted by Crippen LogP contribution is 2.41. The third kappa shape index (κ3) is 6.73. The van der Waals surface area contributed by atoms with E-state index in [2.05, 4.69) is 85.9 Å². The third-order valence-electron chi connectivity index (χ3n) is 5.45. The molecule has 0 saturated carbocycles. The van der Waals surface area contributed by atoms with E-state index < -0.39 is 12.2 Å². The highest BCUT2D eigenvalue weighted by Gasteiger charge is 2.27. The first-order chi connectivity index (χ1) is 14.5. The second kappa shape index (κ2) is 11.5. The summed E-state index contributed by atoms with van der Waals surface area (Å²) < 4.78 is 14.2. The van der Waals surface area contributed by atoms with Gasteiger partial charge in [0, 0.05) is 5.41 Å². The molecule has 0 amide bonds. The van der Waals surface area contributed by atoms with E-state index in [9.17, 15) is 10.2 Å². The maximum absolute atomic E-state index is 9.82. The quantitative estimate of drug-likeness (QED) is 0.373. The standard InChI is InChI=1S/C23H30BBr3O4/c1-5-15(28)11-30-21-17(24)7-13(8-18(21)25)23(3,4)14-9-19(26)22(20(27)10-14)31-12-16(29)6-2/h7-10,15-16,28-29H,5-6,11-12,24H2,1-4H3. The number of hydrogen-bond acceptors (Lipinski definition) is 4. The van der Waals surface area contributed by atoms with Crippen LogP contribution in [-0.4, -0.2) is 43.5 Å². The molecule has 2 unspecified atom stereocenters. The molecule has 0 aliphatic carbocycles. The molecule has 0 heterocycles. The molecule has 0 aromatic heterocycles. The summed E-state index contributed by atoms with van der Waals surface area (Å²) in [6.07, 6.45) is 0.333. The number of halogens is 3. The van der Waals surface area contributed by atoms with Gasteiger partial charge in [0.05, 0.1) is 25.6 Å². The molecule has 31 heavy (non-hydrogen) atoms. The van der Waals surface area contributed by atoms with Crippen molar-refractivity contribution in [2.24, 2.45) is 0 Å². The minimum Gasteiger partial charge on any atom is -0.490 e. The molecule has 0 aliphatic rings. The summed E-state index contributed by atoms with van der Waals surface area (Å²) >= 11 is 10.9. The van der Waals surface area contributed by atoms with E-state index in [1.165, 1.54) is 0 Å². The summed E-state index contributed by atoms with van der Waals surface area (Å²) in [5, 5.41) is 19.6. The van der Waals surface area contributed by atoms with Gasteiger partial charge in [-0.05, 0) is 95.4 Å². The normalized spacial score (nSPS) is 13.7. The van der Waals surface area contributed by atoms with Crippen LogP contribution in [0.3, 0.4) is 0 Å². The van der Waals surface area contributed by atoms with Crippen molar-refractivity contribution >= 4 is 61.1 Å². The van der Waals surface area contributed by atoms with E-state index in [4.69, 9.17) is 9.47 Å². The molecule has 8 heteroatoms. The zero-order chi connectivity index (χ0) is 23.3. The van der Waals surface area contributed by atoms with Gasteiger partial charge in [0.2, 0.25) is 0 Å². The average Bonchev–Trinajstić information content (AvgIpc) is 2.71. The van der Waals surface area contributed by atoms with Crippen molar-refractivity contribution in [1.82, 2.24) is 0 Å². The van der Waals surface area contributed by atoms with Crippen molar-refractivity contribution in [1.29, 1.82) is 0 Å². The fraction of sp³-hybridized carbons (Fsp3) is 0.478. The van der Waals surface area contributed by atoms with E-state index in [-0.39, 0.29) is 18.6 Å². The van der Waals surface area contributed by atoms with E-state index in [1.54, 1.807) is 0 Å². The fourth-order valence-corrected chi connectivity index (χ4v) is 5.18. The molecule has 2 N–H and O–H groups in total. The van der Waals surface area contributed by atoms with Crippen LogP contribution in [0.15, 0.2) is 37.7 Å². The molecule has 4 nitrogen and oxygen atoms in total. The summed E-state index contributed by atoms with van der Waals surface area (Å²) in [5.74, 6) is 1.44. The molecule has 2 rings (SSSR count). The maximum atomic E-state index is 9.82. The molecule has 0 saturated heterocycles. The SMILES string of the molecule is Bc1cc(C(C)(C)c2cc(Br)c(OCC(O)CC)c(Br)c2)cc(Br)c1OCC(O)CC. The van der Waals surface area contributed by atoms with Crippen LogP contribution < -0.4 is 14.9 Å². The van der Waals surface area contributed by atoms with E-state index in [0.29, 0.717) is 18.6 Å². The number of benzene rings is 2. The Hall–Kier alpha value is -0.535. The number of aliphatic hydroxyl groups excluding tert-OH is 2. The van der Waals surface area contributed by atoms with Crippen molar-refractivity contribution < 1.29 is 19.7 Å². The van der Waals surface area contributed by atoms with Gasteiger partial charge in [0.15, 0.2) is 0 Å². The Kier molecular flexibility index (Phi) is 9.95. The summed E-state index contributed by atoms with van der Waals surface area (Å²) in [5.41, 5.74) is 2.96. The van der Waals surface area contributed by atoms with E-state index >= 15 is 0 Å². The van der Waals surface area contributed by atoms with Crippen LogP contribution >= 0.6 is 47.8 Å². The van der Waals surface area contributed by atoms with Crippen LogP contribution in [0.4, 0.5) is 0 Å². The molecular formula is C23H30BBr3O4. The Morgan fingerprint density at radius 3 is 1.61 bits per heavy atom. The van der Waals surface area contributed by atoms with Gasteiger partial charge >= 0.3 is 0 Å². The Labute approximate surface area is 211 Å². The lowest BCUT2D eigenvalue weighted by molar-refractivity contribution is 0.103. The van der Waals surface area contributed by atoms with Gasteiger partial charge in [-0.15, -0.1) is 0 Å². The summed E-state index contributed by atoms with van der Waals surface area (Å²) in [6, 6.07) is 8.32. The second-order valence-corrected chi connectivity index (χ2v) is 10.8. The predicted molar refractivity (Wildman–Crippen MR) is 140 cm³/mol. The van der Waals surface area contributed by atoms with Crippen LogP contribution in [-0.2, 0) is 5.41 Å². The minimum absolute atomic E-state index is 0.247. The van der Waals surface area contributed by atoms with Gasteiger partial charge in [-0.2, -0.15) is 0 Å². The van der Waals surface area contributed by atoms with Crippen LogP contribution in [0.2, 0.25) is 0 Å². The third-order valence-corrected chi connectivity index (χ3v) is 7.22. The fourth-order valence-electron chi connectivity index (χ4n) is 3.09. The highest BCUT2D eigenvalue weighted by atomic mass is 79.9. The van der Waals surface area contributed by atoms with Crippen LogP contribution in [0.25, 0.3) is 0 Å². The predicted octanol–water partition coefficient (Wildman–Crippen LogP) is 4.86. The lowest BCUT2D eigenvalue weighted by Crippen LogP contribution is -2.24. The number of ether oxygens (including phenoxy) is 2. The van der Waals surface area contributed by atoms with Crippen molar-refractivity contribution in [3.63, 3.8) is 0 Å². The van der Waals surface area contributed by atoms with Crippen molar-refractivity contribution in [2.75, 3.05) is 13.2 Å². The highest BCUT2D eigenvalue weighted by molar-refractivity contribution is 9.11. The summed E-state index contributed by atoms with van der Waals surface area (Å²) in [6.45, 7) is 8.71. The summed E-state index contributed by atoms with van der Waals surface area (Å²) in [7, 11) is 2.01. The zero-order valence-electron chi connectivity index (χ0n) is 18.6. The first-order valence-corrected chi connectivity index (χ1v) is 12.8. The molecule has 2 aromatic carbocycles. The average molecular weight is 621 g/mol. The van der Waals surface area contributed by atoms with Crippen molar-refractivity contribution in [2.45, 2.75) is 58.2 Å². The first-order valence-electron chi connectivity index (χ1n) is 10.4. The van der Waals surface area contributed by atoms with Gasteiger partial charge in [-0.1, -0.05) is 33.8 Å². The van der Waals surface area contributed by atoms with Crippen LogP contribution in [0, 0.1) is 0 Å². The van der Waals surface area contributed by atoms with Gasteiger partial charge < -0.3 is 19.7 Å². The number of hydrogen-bond donors (Lipinski definition) is 2. The van der Waals surface area contributed by atoms with E-state index in [1.807, 2.05) is 21.7 Å². The van der Waals surface area contributed by atoms with Gasteiger partial charge in [-0.3, -0.25) is 0 Å². The second-order valence-electron chi connectivity index (χ2n) is 8.24. The molecule has 2 aromatic rings. The van der Waals surface area contributed by atoms with E-state index in [0.717, 1.165) is 35.8 Å². The molecule has 0 fully saturated rings. The minimum atomic E-state index is -0.491. The Morgan fingerprint density at radius 1 is 0.806 bits per heavy atom. The van der Waals surface area contributed by atoms with Gasteiger partial charge in [0.25, 0.3) is 0 Å². The molecular weight excluding hydrogens is 591 g/mol. The smallest absolute Gasteiger partial charge is 0.147 e. The molecule has 0 aliphatic heterocycles. The Balaban J connectivity index is 2.34. The monoisotopic (exact) mass is 618 g/mol. The van der Waals surface area contributed by atoms with Crippen molar-refractivity contribution in [3.05, 3.63) is 48.8 Å². The number of aliphatic hydroxyl groups is 2. The molecule has 0 bridgehead atoms. The molecule has 0 spiro atoms. The maximum Gasteiger partial charge on any atom is 0.147 e. The lowest BCUT2D eigenvalue weighted by atomic mass is 9.76. The molecule has 0 radical (unpaired) electrons. The Morgan fingerprint density at radius 2 is 1.19 bits per heavy atom. The van der Waals surface area contributed by atoms with Crippen LogP contribution in [0.5, 0.6) is 11.5 Å². The molecule has 170 valence electrons.